The monoisotopic (exact) mass is 504 g/mol. The number of carbonyl (C=O) groups excluding carboxylic acids is 1. The molecular formula is C21H17F9O4. The Hall–Kier alpha value is -3.12. The molecule has 4 nitrogen and oxygen atoms in total. The van der Waals surface area contributed by atoms with E-state index in [1.807, 2.05) is 0 Å². The highest BCUT2D eigenvalue weighted by Crippen LogP contribution is 2.42. The third-order valence-corrected chi connectivity index (χ3v) is 4.06. The van der Waals surface area contributed by atoms with Gasteiger partial charge in [0.05, 0.1) is 24.2 Å². The standard InChI is InChI=1S/C21H17F9O4/c1-2-32-17(31)9-12-7-15(33-10-19(22,23)24)18(16(8-12)34-11-20(25,26)27)13-3-5-14(6-4-13)21(28,29)30/h3-8H,2,9-11H2,1H3. The van der Waals surface area contributed by atoms with Crippen molar-refractivity contribution in [2.24, 2.45) is 0 Å². The summed E-state index contributed by atoms with van der Waals surface area (Å²) in [5.74, 6) is -2.11. The van der Waals surface area contributed by atoms with E-state index in [9.17, 15) is 44.3 Å². The molecule has 0 heterocycles. The third kappa shape index (κ3) is 8.34. The Morgan fingerprint density at radius 1 is 0.794 bits per heavy atom. The highest BCUT2D eigenvalue weighted by atomic mass is 19.4. The van der Waals surface area contributed by atoms with Crippen LogP contribution in [0.1, 0.15) is 18.1 Å². The zero-order valence-electron chi connectivity index (χ0n) is 17.3. The van der Waals surface area contributed by atoms with Crippen molar-refractivity contribution in [2.75, 3.05) is 19.8 Å². The molecule has 0 radical (unpaired) electrons. The summed E-state index contributed by atoms with van der Waals surface area (Å²) in [6.45, 7) is -2.26. The molecule has 34 heavy (non-hydrogen) atoms. The van der Waals surface area contributed by atoms with Crippen LogP contribution in [0.25, 0.3) is 11.1 Å². The number of esters is 1. The number of rotatable bonds is 8. The molecule has 2 aromatic rings. The molecule has 0 amide bonds. The van der Waals surface area contributed by atoms with E-state index in [0.29, 0.717) is 12.1 Å². The highest BCUT2D eigenvalue weighted by molar-refractivity contribution is 5.80. The van der Waals surface area contributed by atoms with Gasteiger partial charge in [-0.25, -0.2) is 0 Å². The van der Waals surface area contributed by atoms with Crippen molar-refractivity contribution in [3.8, 4) is 22.6 Å². The molecule has 0 N–H and O–H groups in total. The number of halogens is 9. The van der Waals surface area contributed by atoms with Gasteiger partial charge in [0, 0.05) is 0 Å². The predicted molar refractivity (Wildman–Crippen MR) is 100 cm³/mol. The number of ether oxygens (including phenoxy) is 3. The van der Waals surface area contributed by atoms with Crippen molar-refractivity contribution in [2.45, 2.75) is 31.9 Å². The lowest BCUT2D eigenvalue weighted by Crippen LogP contribution is -2.21. The van der Waals surface area contributed by atoms with E-state index in [1.54, 1.807) is 0 Å². The van der Waals surface area contributed by atoms with E-state index >= 15 is 0 Å². The maximum atomic E-state index is 12.9. The van der Waals surface area contributed by atoms with Gasteiger partial charge in [0.15, 0.2) is 13.2 Å². The normalized spacial score (nSPS) is 12.4. The summed E-state index contributed by atoms with van der Waals surface area (Å²) in [6.07, 6.45) is -15.0. The van der Waals surface area contributed by atoms with Crippen molar-refractivity contribution in [3.05, 3.63) is 47.5 Å². The maximum absolute atomic E-state index is 12.9. The van der Waals surface area contributed by atoms with Crippen LogP contribution < -0.4 is 9.47 Å². The number of hydrogen-bond donors (Lipinski definition) is 0. The van der Waals surface area contributed by atoms with Crippen LogP contribution in [0.15, 0.2) is 36.4 Å². The first-order valence-electron chi connectivity index (χ1n) is 9.48. The molecule has 0 spiro atoms. The molecular weight excluding hydrogens is 487 g/mol. The van der Waals surface area contributed by atoms with E-state index in [0.717, 1.165) is 24.3 Å². The Kier molecular flexibility index (Phi) is 8.32. The van der Waals surface area contributed by atoms with E-state index in [1.165, 1.54) is 6.92 Å². The van der Waals surface area contributed by atoms with Gasteiger partial charge >= 0.3 is 24.5 Å². The number of carbonyl (C=O) groups is 1. The highest BCUT2D eigenvalue weighted by Gasteiger charge is 2.33. The van der Waals surface area contributed by atoms with Gasteiger partial charge in [0.1, 0.15) is 11.5 Å². The average molecular weight is 504 g/mol. The number of alkyl halides is 9. The summed E-state index contributed by atoms with van der Waals surface area (Å²) < 4.78 is 129. The summed E-state index contributed by atoms with van der Waals surface area (Å²) in [4.78, 5) is 11.8. The Morgan fingerprint density at radius 3 is 1.65 bits per heavy atom. The van der Waals surface area contributed by atoms with E-state index < -0.39 is 66.8 Å². The third-order valence-electron chi connectivity index (χ3n) is 4.06. The van der Waals surface area contributed by atoms with Crippen LogP contribution in [0.5, 0.6) is 11.5 Å². The summed E-state index contributed by atoms with van der Waals surface area (Å²) in [5.41, 5.74) is -1.84. The van der Waals surface area contributed by atoms with Crippen molar-refractivity contribution in [1.29, 1.82) is 0 Å². The molecule has 0 saturated heterocycles. The van der Waals surface area contributed by atoms with Crippen LogP contribution in [0.2, 0.25) is 0 Å². The maximum Gasteiger partial charge on any atom is 0.422 e. The molecule has 0 atom stereocenters. The Balaban J connectivity index is 2.64. The van der Waals surface area contributed by atoms with E-state index in [-0.39, 0.29) is 17.7 Å². The summed E-state index contributed by atoms with van der Waals surface area (Å²) >= 11 is 0. The second-order valence-corrected chi connectivity index (χ2v) is 6.83. The molecule has 188 valence electrons. The molecule has 0 saturated carbocycles. The fraction of sp³-hybridized carbons (Fsp3) is 0.381. The molecule has 0 aliphatic rings. The van der Waals surface area contributed by atoms with E-state index in [4.69, 9.17) is 14.2 Å². The fourth-order valence-corrected chi connectivity index (χ4v) is 2.78. The number of hydrogen-bond acceptors (Lipinski definition) is 4. The first-order chi connectivity index (χ1) is 15.6. The molecule has 0 bridgehead atoms. The largest absolute Gasteiger partial charge is 0.483 e. The molecule has 0 fully saturated rings. The predicted octanol–water partition coefficient (Wildman–Crippen LogP) is 6.36. The Morgan fingerprint density at radius 2 is 1.26 bits per heavy atom. The van der Waals surface area contributed by atoms with Crippen LogP contribution in [0, 0.1) is 0 Å². The Bertz CT molecular complexity index is 939. The molecule has 0 aromatic heterocycles. The lowest BCUT2D eigenvalue weighted by atomic mass is 9.98. The summed E-state index contributed by atoms with van der Waals surface area (Å²) in [7, 11) is 0. The van der Waals surface area contributed by atoms with Crippen molar-refractivity contribution in [1.82, 2.24) is 0 Å². The molecule has 0 unspecified atom stereocenters. The van der Waals surface area contributed by atoms with Gasteiger partial charge in [0.2, 0.25) is 0 Å². The minimum atomic E-state index is -4.85. The lowest BCUT2D eigenvalue weighted by Gasteiger charge is -2.20. The fourth-order valence-electron chi connectivity index (χ4n) is 2.78. The van der Waals surface area contributed by atoms with Gasteiger partial charge in [-0.15, -0.1) is 0 Å². The van der Waals surface area contributed by atoms with Crippen molar-refractivity contribution in [3.63, 3.8) is 0 Å². The zero-order chi connectivity index (χ0) is 25.7. The van der Waals surface area contributed by atoms with Crippen molar-refractivity contribution < 1.29 is 58.5 Å². The van der Waals surface area contributed by atoms with Gasteiger partial charge in [0.25, 0.3) is 0 Å². The molecule has 2 aromatic carbocycles. The van der Waals surface area contributed by atoms with E-state index in [2.05, 4.69) is 0 Å². The first kappa shape index (κ1) is 27.1. The number of benzene rings is 2. The Labute approximate surface area is 187 Å². The van der Waals surface area contributed by atoms with Crippen LogP contribution in [-0.2, 0) is 22.1 Å². The van der Waals surface area contributed by atoms with Gasteiger partial charge in [-0.05, 0) is 42.3 Å². The quantitative estimate of drug-likeness (QED) is 0.310. The minimum Gasteiger partial charge on any atom is -0.483 e. The first-order valence-corrected chi connectivity index (χ1v) is 9.48. The minimum absolute atomic E-state index is 0.0304. The summed E-state index contributed by atoms with van der Waals surface area (Å²) in [6, 6.07) is 4.81. The van der Waals surface area contributed by atoms with Gasteiger partial charge in [-0.3, -0.25) is 4.79 Å². The van der Waals surface area contributed by atoms with Gasteiger partial charge in [-0.1, -0.05) is 12.1 Å². The summed E-state index contributed by atoms with van der Waals surface area (Å²) in [5, 5.41) is 0. The SMILES string of the molecule is CCOC(=O)Cc1cc(OCC(F)(F)F)c(-c2ccc(C(F)(F)F)cc2)c(OCC(F)(F)F)c1. The van der Waals surface area contributed by atoms with Gasteiger partial charge in [-0.2, -0.15) is 39.5 Å². The second kappa shape index (κ2) is 10.4. The van der Waals surface area contributed by atoms with Crippen molar-refractivity contribution >= 4 is 5.97 Å². The molecule has 13 heteroatoms. The average Bonchev–Trinajstić information content (AvgIpc) is 2.69. The second-order valence-electron chi connectivity index (χ2n) is 6.83. The topological polar surface area (TPSA) is 44.8 Å². The lowest BCUT2D eigenvalue weighted by molar-refractivity contribution is -0.154. The van der Waals surface area contributed by atoms with Crippen LogP contribution >= 0.6 is 0 Å². The molecule has 0 aliphatic heterocycles. The molecule has 0 aliphatic carbocycles. The van der Waals surface area contributed by atoms with Crippen LogP contribution in [0.4, 0.5) is 39.5 Å². The van der Waals surface area contributed by atoms with Crippen LogP contribution in [-0.4, -0.2) is 38.1 Å². The molecule has 2 rings (SSSR count). The van der Waals surface area contributed by atoms with Gasteiger partial charge < -0.3 is 14.2 Å². The van der Waals surface area contributed by atoms with Crippen LogP contribution in [0.3, 0.4) is 0 Å². The smallest absolute Gasteiger partial charge is 0.422 e. The zero-order valence-corrected chi connectivity index (χ0v) is 17.3.